The molecule has 0 fully saturated rings. The van der Waals surface area contributed by atoms with Crippen molar-refractivity contribution in [2.75, 3.05) is 24.6 Å². The van der Waals surface area contributed by atoms with Gasteiger partial charge in [0.1, 0.15) is 9.98 Å². The molecule has 3 rings (SSSR count). The van der Waals surface area contributed by atoms with Gasteiger partial charge in [0.2, 0.25) is 0 Å². The summed E-state index contributed by atoms with van der Waals surface area (Å²) >= 11 is 7.72. The molecular weight excluding hydrogens is 528 g/mol. The number of aliphatic hydroxyl groups is 1. The summed E-state index contributed by atoms with van der Waals surface area (Å²) in [4.78, 5) is 11.7. The monoisotopic (exact) mass is 545 g/mol. The molecule has 4 nitrogen and oxygen atoms in total. The minimum absolute atomic E-state index is 0. The number of anilines is 1. The average molecular weight is 545 g/mol. The van der Waals surface area contributed by atoms with Gasteiger partial charge in [-0.3, -0.25) is 0 Å². The quantitative estimate of drug-likeness (QED) is 0.374. The van der Waals surface area contributed by atoms with E-state index < -0.39 is 0 Å². The number of fused-ring (bicyclic) bond motifs is 1. The number of rotatable bonds is 6. The molecule has 1 aromatic carbocycles. The van der Waals surface area contributed by atoms with Crippen LogP contribution in [-0.4, -0.2) is 34.8 Å². The van der Waals surface area contributed by atoms with E-state index in [0.29, 0.717) is 24.1 Å². The summed E-state index contributed by atoms with van der Waals surface area (Å²) in [7, 11) is 0. The van der Waals surface area contributed by atoms with Gasteiger partial charge in [-0.1, -0.05) is 29.8 Å². The van der Waals surface area contributed by atoms with Gasteiger partial charge >= 0.3 is 0 Å². The molecule has 0 atom stereocenters. The Balaban J connectivity index is 0.00000225. The van der Waals surface area contributed by atoms with Gasteiger partial charge in [-0.2, -0.15) is 0 Å². The molecule has 0 aliphatic rings. The van der Waals surface area contributed by atoms with Crippen LogP contribution in [0.2, 0.25) is 5.15 Å². The van der Waals surface area contributed by atoms with Crippen LogP contribution in [0.1, 0.15) is 11.4 Å². The molecule has 1 N–H and O–H groups in total. The second kappa shape index (κ2) is 9.42. The van der Waals surface area contributed by atoms with Crippen molar-refractivity contribution in [1.82, 2.24) is 9.97 Å². The number of hydrogen-bond donors (Lipinski definition) is 1. The zero-order chi connectivity index (χ0) is 16.9. The fourth-order valence-corrected chi connectivity index (χ4v) is 3.43. The van der Waals surface area contributed by atoms with E-state index in [1.165, 1.54) is 0 Å². The minimum atomic E-state index is 0. The van der Waals surface area contributed by atoms with Gasteiger partial charge in [-0.05, 0) is 35.2 Å². The molecular formula is C18H17ClN3OReS-. The van der Waals surface area contributed by atoms with Gasteiger partial charge < -0.3 is 16.9 Å². The first-order valence-corrected chi connectivity index (χ1v) is 8.81. The van der Waals surface area contributed by atoms with E-state index >= 15 is 0 Å². The average Bonchev–Trinajstić information content (AvgIpc) is 3.07. The Kier molecular flexibility index (Phi) is 7.55. The van der Waals surface area contributed by atoms with Crippen molar-refractivity contribution in [2.24, 2.45) is 0 Å². The number of aliphatic hydroxyl groups excluding tert-OH is 1. The molecule has 131 valence electrons. The van der Waals surface area contributed by atoms with Crippen LogP contribution >= 0.6 is 22.9 Å². The summed E-state index contributed by atoms with van der Waals surface area (Å²) in [6.07, 6.45) is 3.81. The first-order chi connectivity index (χ1) is 11.7. The number of benzene rings is 1. The largest absolute Gasteiger partial charge is 0.399 e. The zero-order valence-electron chi connectivity index (χ0n) is 13.4. The SMILES string of the molecule is [CH2-]CN(CCO)c1ccc(/C=C/c2nc(Cl)c3ccsc3n2)cc1.[Re]. The third-order valence-electron chi connectivity index (χ3n) is 3.62. The van der Waals surface area contributed by atoms with Crippen molar-refractivity contribution in [3.05, 3.63) is 59.2 Å². The summed E-state index contributed by atoms with van der Waals surface area (Å²) in [5, 5.41) is 12.4. The van der Waals surface area contributed by atoms with Gasteiger partial charge in [0.25, 0.3) is 0 Å². The Morgan fingerprint density at radius 1 is 1.16 bits per heavy atom. The summed E-state index contributed by atoms with van der Waals surface area (Å²) in [6, 6.07) is 9.97. The summed E-state index contributed by atoms with van der Waals surface area (Å²) in [5.41, 5.74) is 2.08. The molecule has 0 amide bonds. The van der Waals surface area contributed by atoms with E-state index in [2.05, 4.69) is 16.9 Å². The molecule has 1 radical (unpaired) electrons. The maximum Gasteiger partial charge on any atom is 0.155 e. The Morgan fingerprint density at radius 3 is 2.60 bits per heavy atom. The third kappa shape index (κ3) is 4.87. The first kappa shape index (κ1) is 20.0. The van der Waals surface area contributed by atoms with Crippen LogP contribution in [-0.2, 0) is 20.4 Å². The zero-order valence-corrected chi connectivity index (χ0v) is 17.7. The van der Waals surface area contributed by atoms with Crippen LogP contribution in [0.4, 0.5) is 5.69 Å². The number of hydrogen-bond acceptors (Lipinski definition) is 5. The maximum absolute atomic E-state index is 9.07. The van der Waals surface area contributed by atoms with E-state index in [1.807, 2.05) is 52.8 Å². The summed E-state index contributed by atoms with van der Waals surface area (Å²) in [6.45, 7) is 5.18. The Morgan fingerprint density at radius 2 is 1.92 bits per heavy atom. The number of halogens is 1. The van der Waals surface area contributed by atoms with Gasteiger partial charge in [0.05, 0.1) is 6.61 Å². The number of thiophene rings is 1. The van der Waals surface area contributed by atoms with E-state index in [4.69, 9.17) is 16.7 Å². The normalized spacial score (nSPS) is 11.0. The molecule has 0 unspecified atom stereocenters. The number of nitrogens with zero attached hydrogens (tertiary/aromatic N) is 3. The molecule has 25 heavy (non-hydrogen) atoms. The van der Waals surface area contributed by atoms with E-state index in [1.54, 1.807) is 11.3 Å². The van der Waals surface area contributed by atoms with Crippen LogP contribution in [0.3, 0.4) is 0 Å². The standard InChI is InChI=1S/C18H17ClN3OS.Re/c1-2-22(10-11-23)14-6-3-13(4-7-14)5-8-16-20-17(19)15-9-12-24-18(15)21-16;/h3-9,12,23H,1-2,10-11H2;/q-1;/b8-5+;. The second-order valence-corrected chi connectivity index (χ2v) is 6.40. The van der Waals surface area contributed by atoms with Crippen molar-refractivity contribution in [3.63, 3.8) is 0 Å². The summed E-state index contributed by atoms with van der Waals surface area (Å²) in [5.74, 6) is 0.596. The van der Waals surface area contributed by atoms with Crippen molar-refractivity contribution < 1.29 is 25.5 Å². The molecule has 0 spiro atoms. The van der Waals surface area contributed by atoms with Gasteiger partial charge in [-0.25, -0.2) is 9.97 Å². The van der Waals surface area contributed by atoms with Gasteiger partial charge in [0, 0.05) is 38.0 Å². The minimum Gasteiger partial charge on any atom is -0.399 e. The van der Waals surface area contributed by atoms with Crippen LogP contribution in [0, 0.1) is 6.92 Å². The molecule has 0 saturated carbocycles. The molecule has 0 bridgehead atoms. The summed E-state index contributed by atoms with van der Waals surface area (Å²) < 4.78 is 0. The van der Waals surface area contributed by atoms with Crippen LogP contribution < -0.4 is 4.90 Å². The maximum atomic E-state index is 9.07. The molecule has 0 aliphatic heterocycles. The molecule has 0 saturated heterocycles. The van der Waals surface area contributed by atoms with Gasteiger partial charge in [-0.15, -0.1) is 17.9 Å². The van der Waals surface area contributed by atoms with Crippen LogP contribution in [0.5, 0.6) is 0 Å². The van der Waals surface area contributed by atoms with Crippen molar-refractivity contribution in [1.29, 1.82) is 0 Å². The topological polar surface area (TPSA) is 49.2 Å². The fraction of sp³-hybridized carbons (Fsp3) is 0.167. The molecule has 2 heterocycles. The van der Waals surface area contributed by atoms with Crippen molar-refractivity contribution in [3.8, 4) is 0 Å². The van der Waals surface area contributed by atoms with Gasteiger partial charge in [0.15, 0.2) is 5.82 Å². The van der Waals surface area contributed by atoms with E-state index in [-0.39, 0.29) is 27.0 Å². The Labute approximate surface area is 169 Å². The molecule has 2 aromatic heterocycles. The Hall–Kier alpha value is -1.29. The predicted octanol–water partition coefficient (Wildman–Crippen LogP) is 4.15. The molecule has 3 aromatic rings. The fourth-order valence-electron chi connectivity index (χ4n) is 2.37. The Bertz CT molecular complexity index is 851. The van der Waals surface area contributed by atoms with Crippen LogP contribution in [0.15, 0.2) is 35.7 Å². The molecule has 7 heteroatoms. The van der Waals surface area contributed by atoms with Crippen LogP contribution in [0.25, 0.3) is 22.4 Å². The third-order valence-corrected chi connectivity index (χ3v) is 4.71. The molecule has 0 aliphatic carbocycles. The second-order valence-electron chi connectivity index (χ2n) is 5.15. The van der Waals surface area contributed by atoms with E-state index in [9.17, 15) is 0 Å². The van der Waals surface area contributed by atoms with E-state index in [0.717, 1.165) is 21.5 Å². The van der Waals surface area contributed by atoms with Crippen molar-refractivity contribution >= 4 is 51.0 Å². The first-order valence-electron chi connectivity index (χ1n) is 7.55. The van der Waals surface area contributed by atoms with Crippen molar-refractivity contribution in [2.45, 2.75) is 0 Å². The number of aromatic nitrogens is 2. The smallest absolute Gasteiger partial charge is 0.155 e. The predicted molar refractivity (Wildman–Crippen MR) is 102 cm³/mol.